The molecular formula is C23H26N4O3S. The van der Waals surface area contributed by atoms with Crippen molar-refractivity contribution >= 4 is 22.9 Å². The number of benzene rings is 1. The van der Waals surface area contributed by atoms with Gasteiger partial charge in [0.1, 0.15) is 0 Å². The van der Waals surface area contributed by atoms with Crippen molar-refractivity contribution < 1.29 is 14.1 Å². The van der Waals surface area contributed by atoms with Crippen molar-refractivity contribution in [3.8, 4) is 11.4 Å². The van der Waals surface area contributed by atoms with Crippen LogP contribution in [0.4, 0.5) is 5.69 Å². The van der Waals surface area contributed by atoms with Gasteiger partial charge in [-0.2, -0.15) is 16.3 Å². The summed E-state index contributed by atoms with van der Waals surface area (Å²) in [7, 11) is 0. The van der Waals surface area contributed by atoms with E-state index < -0.39 is 0 Å². The number of hydrogen-bond acceptors (Lipinski definition) is 7. The number of anilines is 1. The minimum Gasteiger partial charge on any atom is -0.378 e. The summed E-state index contributed by atoms with van der Waals surface area (Å²) in [5, 5.41) is 8.12. The van der Waals surface area contributed by atoms with Gasteiger partial charge in [0.15, 0.2) is 0 Å². The summed E-state index contributed by atoms with van der Waals surface area (Å²) in [6, 6.07) is 9.98. The summed E-state index contributed by atoms with van der Waals surface area (Å²) in [5.74, 6) is 1.72. The fraction of sp³-hybridized carbons (Fsp3) is 0.435. The minimum absolute atomic E-state index is 0.0997. The summed E-state index contributed by atoms with van der Waals surface area (Å²) < 4.78 is 10.9. The van der Waals surface area contributed by atoms with E-state index >= 15 is 0 Å². The molecule has 2 fully saturated rings. The largest absolute Gasteiger partial charge is 0.378 e. The van der Waals surface area contributed by atoms with Gasteiger partial charge in [0.05, 0.1) is 13.2 Å². The number of piperidine rings is 1. The lowest BCUT2D eigenvalue weighted by Gasteiger charge is -2.32. The van der Waals surface area contributed by atoms with Crippen LogP contribution in [0.2, 0.25) is 0 Å². The molecule has 2 saturated heterocycles. The number of morpholine rings is 1. The third kappa shape index (κ3) is 4.65. The molecule has 2 aliphatic heterocycles. The summed E-state index contributed by atoms with van der Waals surface area (Å²) in [4.78, 5) is 21.9. The van der Waals surface area contributed by atoms with Gasteiger partial charge in [-0.15, -0.1) is 0 Å². The number of amides is 1. The van der Waals surface area contributed by atoms with E-state index in [0.29, 0.717) is 24.1 Å². The van der Waals surface area contributed by atoms with Crippen LogP contribution < -0.4 is 4.90 Å². The van der Waals surface area contributed by atoms with Crippen LogP contribution in [0.25, 0.3) is 11.4 Å². The number of ether oxygens (including phenoxy) is 1. The van der Waals surface area contributed by atoms with Crippen LogP contribution in [0.15, 0.2) is 45.6 Å². The number of carbonyl (C=O) groups is 1. The zero-order chi connectivity index (χ0) is 21.0. The quantitative estimate of drug-likeness (QED) is 0.605. The highest BCUT2D eigenvalue weighted by Gasteiger charge is 2.26. The van der Waals surface area contributed by atoms with E-state index in [1.807, 2.05) is 46.0 Å². The summed E-state index contributed by atoms with van der Waals surface area (Å²) in [6.45, 7) is 4.82. The molecule has 3 aromatic rings. The molecule has 31 heavy (non-hydrogen) atoms. The maximum Gasteiger partial charge on any atom is 0.253 e. The van der Waals surface area contributed by atoms with E-state index in [4.69, 9.17) is 9.26 Å². The van der Waals surface area contributed by atoms with Crippen molar-refractivity contribution in [2.75, 3.05) is 44.3 Å². The lowest BCUT2D eigenvalue weighted by Crippen LogP contribution is -2.40. The maximum atomic E-state index is 13.1. The van der Waals surface area contributed by atoms with Crippen molar-refractivity contribution in [2.45, 2.75) is 19.3 Å². The van der Waals surface area contributed by atoms with Crippen molar-refractivity contribution in [3.63, 3.8) is 0 Å². The van der Waals surface area contributed by atoms with Crippen molar-refractivity contribution in [2.24, 2.45) is 5.92 Å². The molecule has 8 heteroatoms. The predicted molar refractivity (Wildman–Crippen MR) is 119 cm³/mol. The van der Waals surface area contributed by atoms with Gasteiger partial charge in [0, 0.05) is 54.8 Å². The predicted octanol–water partition coefficient (Wildman–Crippen LogP) is 3.73. The van der Waals surface area contributed by atoms with Crippen LogP contribution >= 0.6 is 11.3 Å². The molecule has 2 aliphatic rings. The summed E-state index contributed by atoms with van der Waals surface area (Å²) in [6.07, 6.45) is 2.76. The Hall–Kier alpha value is -2.71. The molecule has 0 spiro atoms. The van der Waals surface area contributed by atoms with Gasteiger partial charge in [-0.25, -0.2) is 0 Å². The Kier molecular flexibility index (Phi) is 5.99. The van der Waals surface area contributed by atoms with E-state index in [1.54, 1.807) is 11.3 Å². The topological polar surface area (TPSA) is 71.7 Å². The van der Waals surface area contributed by atoms with E-state index in [2.05, 4.69) is 15.0 Å². The van der Waals surface area contributed by atoms with Crippen LogP contribution in [-0.2, 0) is 11.2 Å². The molecule has 0 radical (unpaired) electrons. The molecule has 0 aliphatic carbocycles. The van der Waals surface area contributed by atoms with Gasteiger partial charge in [-0.05, 0) is 54.5 Å². The third-order valence-electron chi connectivity index (χ3n) is 6.01. The SMILES string of the molecule is O=C(c1ccc(N2CCOCC2)cc1)N1CCCC(Cc2nc(-c3ccsc3)no2)C1. The number of aromatic nitrogens is 2. The molecule has 0 saturated carbocycles. The first kappa shape index (κ1) is 20.2. The Morgan fingerprint density at radius 3 is 2.74 bits per heavy atom. The lowest BCUT2D eigenvalue weighted by atomic mass is 9.94. The van der Waals surface area contributed by atoms with E-state index in [0.717, 1.165) is 69.0 Å². The molecule has 1 amide bonds. The fourth-order valence-corrected chi connectivity index (χ4v) is 4.96. The zero-order valence-corrected chi connectivity index (χ0v) is 18.2. The number of hydrogen-bond donors (Lipinski definition) is 0. The van der Waals surface area contributed by atoms with E-state index in [9.17, 15) is 4.79 Å². The van der Waals surface area contributed by atoms with Gasteiger partial charge in [-0.3, -0.25) is 4.79 Å². The van der Waals surface area contributed by atoms with Crippen LogP contribution in [0, 0.1) is 5.92 Å². The zero-order valence-electron chi connectivity index (χ0n) is 17.4. The highest BCUT2D eigenvalue weighted by molar-refractivity contribution is 7.08. The number of thiophene rings is 1. The molecule has 162 valence electrons. The van der Waals surface area contributed by atoms with Crippen LogP contribution in [0.3, 0.4) is 0 Å². The first-order valence-electron chi connectivity index (χ1n) is 10.8. The molecule has 0 N–H and O–H groups in total. The second kappa shape index (κ2) is 9.20. The molecule has 7 nitrogen and oxygen atoms in total. The average molecular weight is 439 g/mol. The molecular weight excluding hydrogens is 412 g/mol. The van der Waals surface area contributed by atoms with E-state index in [-0.39, 0.29) is 5.91 Å². The number of nitrogens with zero attached hydrogens (tertiary/aromatic N) is 4. The number of carbonyl (C=O) groups excluding carboxylic acids is 1. The maximum absolute atomic E-state index is 13.1. The Morgan fingerprint density at radius 1 is 1.13 bits per heavy atom. The van der Waals surface area contributed by atoms with Gasteiger partial charge in [0.25, 0.3) is 5.91 Å². The molecule has 1 aromatic carbocycles. The third-order valence-corrected chi connectivity index (χ3v) is 6.69. The smallest absolute Gasteiger partial charge is 0.253 e. The standard InChI is InChI=1S/C23H26N4O3S/c28-23(18-3-5-20(6-4-18)26-9-11-29-12-10-26)27-8-1-2-17(15-27)14-21-24-22(25-30-21)19-7-13-31-16-19/h3-7,13,16-17H,1-2,8-12,14-15H2. The van der Waals surface area contributed by atoms with Crippen molar-refractivity contribution in [1.82, 2.24) is 15.0 Å². The van der Waals surface area contributed by atoms with Gasteiger partial charge in [-0.1, -0.05) is 5.16 Å². The van der Waals surface area contributed by atoms with Crippen molar-refractivity contribution in [3.05, 3.63) is 52.5 Å². The fourth-order valence-electron chi connectivity index (χ4n) is 4.33. The summed E-state index contributed by atoms with van der Waals surface area (Å²) in [5.41, 5.74) is 2.88. The highest BCUT2D eigenvalue weighted by atomic mass is 32.1. The lowest BCUT2D eigenvalue weighted by molar-refractivity contribution is 0.0668. The molecule has 2 aromatic heterocycles. The minimum atomic E-state index is 0.0997. The Morgan fingerprint density at radius 2 is 1.97 bits per heavy atom. The first-order valence-corrected chi connectivity index (χ1v) is 11.8. The van der Waals surface area contributed by atoms with Crippen LogP contribution in [0.5, 0.6) is 0 Å². The van der Waals surface area contributed by atoms with Crippen LogP contribution in [-0.4, -0.2) is 60.3 Å². The Labute approximate surface area is 185 Å². The number of likely N-dealkylation sites (tertiary alicyclic amines) is 1. The second-order valence-electron chi connectivity index (χ2n) is 8.13. The molecule has 1 unspecified atom stereocenters. The highest BCUT2D eigenvalue weighted by Crippen LogP contribution is 2.25. The normalized spacial score (nSPS) is 19.5. The van der Waals surface area contributed by atoms with Crippen LogP contribution in [0.1, 0.15) is 29.1 Å². The first-order chi connectivity index (χ1) is 15.3. The van der Waals surface area contributed by atoms with E-state index in [1.165, 1.54) is 0 Å². The van der Waals surface area contributed by atoms with Gasteiger partial charge in [0.2, 0.25) is 11.7 Å². The average Bonchev–Trinajstić information content (AvgIpc) is 3.52. The Bertz CT molecular complexity index is 996. The molecule has 0 bridgehead atoms. The number of rotatable bonds is 5. The monoisotopic (exact) mass is 438 g/mol. The Balaban J connectivity index is 1.20. The van der Waals surface area contributed by atoms with Crippen molar-refractivity contribution in [1.29, 1.82) is 0 Å². The van der Waals surface area contributed by atoms with Gasteiger partial charge >= 0.3 is 0 Å². The summed E-state index contributed by atoms with van der Waals surface area (Å²) >= 11 is 1.62. The van der Waals surface area contributed by atoms with Gasteiger partial charge < -0.3 is 19.1 Å². The second-order valence-corrected chi connectivity index (χ2v) is 8.91. The molecule has 5 rings (SSSR count). The molecule has 1 atom stereocenters. The molecule has 4 heterocycles.